The lowest BCUT2D eigenvalue weighted by Crippen LogP contribution is -2.28. The molecule has 1 fully saturated rings. The summed E-state index contributed by atoms with van der Waals surface area (Å²) < 4.78 is 18.7. The zero-order valence-corrected chi connectivity index (χ0v) is 9.48. The first kappa shape index (κ1) is 11.1. The van der Waals surface area contributed by atoms with E-state index in [0.29, 0.717) is 6.42 Å². The van der Waals surface area contributed by atoms with Crippen molar-refractivity contribution in [1.29, 1.82) is 1.43 Å². The van der Waals surface area contributed by atoms with Gasteiger partial charge >= 0.3 is 5.69 Å². The monoisotopic (exact) mass is 252 g/mol. The first-order valence-electron chi connectivity index (χ1n) is 5.76. The molecule has 3 N–H and O–H groups in total. The normalized spacial score (nSPS) is 27.5. The number of nitrogens with zero attached hydrogens (tertiary/aromatic N) is 2. The summed E-state index contributed by atoms with van der Waals surface area (Å²) in [4.78, 5) is 15.3. The third-order valence-corrected chi connectivity index (χ3v) is 2.73. The highest BCUT2D eigenvalue weighted by atomic mass is 16.6. The number of rotatable bonds is 4. The second-order valence-electron chi connectivity index (χ2n) is 3.85. The summed E-state index contributed by atoms with van der Waals surface area (Å²) in [5, 5.41) is 4.29. The number of aromatic nitrogens is 2. The van der Waals surface area contributed by atoms with E-state index >= 15 is 0 Å². The van der Waals surface area contributed by atoms with Crippen molar-refractivity contribution in [3.8, 4) is 12.5 Å². The Balaban J connectivity index is 2.18. The molecule has 7 nitrogen and oxygen atoms in total. The Morgan fingerprint density at radius 1 is 1.89 bits per heavy atom. The van der Waals surface area contributed by atoms with Gasteiger partial charge in [0, 0.05) is 12.6 Å². The van der Waals surface area contributed by atoms with Crippen LogP contribution in [-0.4, -0.2) is 34.9 Å². The van der Waals surface area contributed by atoms with Crippen LogP contribution in [0.3, 0.4) is 0 Å². The number of aliphatic hydroxyl groups is 1. The summed E-state index contributed by atoms with van der Waals surface area (Å²) in [7, 11) is 0. The van der Waals surface area contributed by atoms with Crippen molar-refractivity contribution >= 4 is 5.82 Å². The minimum absolute atomic E-state index is 0.00000181. The number of ether oxygens (including phenoxy) is 2. The summed E-state index contributed by atoms with van der Waals surface area (Å²) in [6.45, 7) is -0.00000181. The van der Waals surface area contributed by atoms with Gasteiger partial charge in [-0.3, -0.25) is 4.57 Å². The Morgan fingerprint density at radius 3 is 3.39 bits per heavy atom. The molecule has 2 rings (SSSR count). The predicted molar refractivity (Wildman–Crippen MR) is 62.2 cm³/mol. The number of nitrogen functional groups attached to an aromatic ring is 1. The molecule has 18 heavy (non-hydrogen) atoms. The molecule has 0 amide bonds. The number of terminal acetylenes is 1. The highest BCUT2D eigenvalue weighted by molar-refractivity contribution is 5.23. The van der Waals surface area contributed by atoms with E-state index in [4.69, 9.17) is 23.1 Å². The van der Waals surface area contributed by atoms with E-state index < -0.39 is 24.1 Å². The summed E-state index contributed by atoms with van der Waals surface area (Å²) in [6.07, 6.45) is 7.50. The zero-order valence-electron chi connectivity index (χ0n) is 10.5. The molecule has 0 aromatic carbocycles. The van der Waals surface area contributed by atoms with Gasteiger partial charge in [0.1, 0.15) is 30.4 Å². The average Bonchev–Trinajstić information content (AvgIpc) is 2.73. The summed E-state index contributed by atoms with van der Waals surface area (Å²) in [6, 6.07) is 1.50. The molecule has 0 bridgehead atoms. The van der Waals surface area contributed by atoms with Gasteiger partial charge in [0.25, 0.3) is 0 Å². The van der Waals surface area contributed by atoms with Crippen LogP contribution in [0.4, 0.5) is 5.82 Å². The molecule has 1 aliphatic heterocycles. The van der Waals surface area contributed by atoms with Crippen LogP contribution in [0, 0.1) is 12.5 Å². The highest BCUT2D eigenvalue weighted by Gasteiger charge is 2.37. The summed E-state index contributed by atoms with van der Waals surface area (Å²) in [5.74, 6) is 0.140. The molecule has 1 unspecified atom stereocenters. The van der Waals surface area contributed by atoms with E-state index in [0.717, 1.165) is 0 Å². The fraction of sp³-hybridized carbons (Fsp3) is 0.455. The molecule has 7 heteroatoms. The van der Waals surface area contributed by atoms with Crippen LogP contribution in [-0.2, 0) is 9.47 Å². The molecule has 1 aliphatic rings. The number of aliphatic hydroxyl groups excluding tert-OH is 1. The minimum atomic E-state index is -0.570. The molecule has 0 saturated carbocycles. The Hall–Kier alpha value is -2.04. The third kappa shape index (κ3) is 2.30. The van der Waals surface area contributed by atoms with Crippen LogP contribution >= 0.6 is 0 Å². The fourth-order valence-corrected chi connectivity index (χ4v) is 1.88. The Labute approximate surface area is 105 Å². The second kappa shape index (κ2) is 5.08. The van der Waals surface area contributed by atoms with Crippen molar-refractivity contribution in [2.45, 2.75) is 24.9 Å². The SMILES string of the molecule is [2H]OC[C@H]1O[C@@H](n2ccc(N)nc2=O)CC1OC#C. The molecule has 0 spiro atoms. The zero-order chi connectivity index (χ0) is 13.8. The molecule has 1 aromatic heterocycles. The number of hydrogen-bond donors (Lipinski definition) is 2. The maximum atomic E-state index is 11.7. The topological polar surface area (TPSA) is 99.6 Å². The number of anilines is 1. The van der Waals surface area contributed by atoms with E-state index in [-0.39, 0.29) is 12.4 Å². The first-order valence-corrected chi connectivity index (χ1v) is 5.35. The molecular formula is C11H13N3O4. The van der Waals surface area contributed by atoms with Gasteiger partial charge in [-0.05, 0) is 6.07 Å². The molecule has 0 radical (unpaired) electrons. The molecule has 1 saturated heterocycles. The van der Waals surface area contributed by atoms with Gasteiger partial charge in [0.2, 0.25) is 1.43 Å². The van der Waals surface area contributed by atoms with Crippen molar-refractivity contribution < 1.29 is 14.6 Å². The highest BCUT2D eigenvalue weighted by Crippen LogP contribution is 2.29. The van der Waals surface area contributed by atoms with Crippen molar-refractivity contribution in [3.05, 3.63) is 22.7 Å². The lowest BCUT2D eigenvalue weighted by atomic mass is 10.2. The van der Waals surface area contributed by atoms with Crippen molar-refractivity contribution in [2.75, 3.05) is 12.3 Å². The van der Waals surface area contributed by atoms with Gasteiger partial charge in [-0.2, -0.15) is 4.98 Å². The first-order chi connectivity index (χ1) is 9.15. The van der Waals surface area contributed by atoms with Gasteiger partial charge in [0.05, 0.1) is 6.61 Å². The van der Waals surface area contributed by atoms with Crippen LogP contribution < -0.4 is 11.4 Å². The van der Waals surface area contributed by atoms with Crippen molar-refractivity contribution in [3.63, 3.8) is 0 Å². The van der Waals surface area contributed by atoms with Gasteiger partial charge in [-0.15, -0.1) is 0 Å². The molecule has 1 aromatic rings. The van der Waals surface area contributed by atoms with Crippen LogP contribution in [0.2, 0.25) is 0 Å². The van der Waals surface area contributed by atoms with Crippen LogP contribution in [0.15, 0.2) is 17.1 Å². The molecule has 2 heterocycles. The second-order valence-corrected chi connectivity index (χ2v) is 3.85. The molecule has 0 aliphatic carbocycles. The van der Waals surface area contributed by atoms with Crippen LogP contribution in [0.25, 0.3) is 0 Å². The lowest BCUT2D eigenvalue weighted by Gasteiger charge is -2.14. The summed E-state index contributed by atoms with van der Waals surface area (Å²) in [5.41, 5.74) is 4.90. The van der Waals surface area contributed by atoms with Gasteiger partial charge in [-0.25, -0.2) is 4.79 Å². The maximum Gasteiger partial charge on any atom is 0.351 e. The quantitative estimate of drug-likeness (QED) is 0.672. The van der Waals surface area contributed by atoms with Crippen molar-refractivity contribution in [1.82, 2.24) is 9.55 Å². The largest absolute Gasteiger partial charge is 0.440 e. The average molecular weight is 252 g/mol. The van der Waals surface area contributed by atoms with Crippen molar-refractivity contribution in [2.24, 2.45) is 0 Å². The van der Waals surface area contributed by atoms with Crippen LogP contribution in [0.1, 0.15) is 12.6 Å². The van der Waals surface area contributed by atoms with E-state index in [1.807, 2.05) is 0 Å². The third-order valence-electron chi connectivity index (χ3n) is 2.73. The molecule has 3 atom stereocenters. The van der Waals surface area contributed by atoms with E-state index in [2.05, 4.69) is 16.2 Å². The molecular weight excluding hydrogens is 238 g/mol. The Morgan fingerprint density at radius 2 is 2.72 bits per heavy atom. The van der Waals surface area contributed by atoms with Gasteiger partial charge in [0.15, 0.2) is 0 Å². The predicted octanol–water partition coefficient (Wildman–Crippen LogP) is -0.919. The van der Waals surface area contributed by atoms with Crippen LogP contribution in [0.5, 0.6) is 0 Å². The fourth-order valence-electron chi connectivity index (χ4n) is 1.88. The smallest absolute Gasteiger partial charge is 0.351 e. The summed E-state index contributed by atoms with van der Waals surface area (Å²) >= 11 is 0. The van der Waals surface area contributed by atoms with Gasteiger partial charge in [-0.1, -0.05) is 6.42 Å². The minimum Gasteiger partial charge on any atom is -0.440 e. The Kier molecular flexibility index (Phi) is 3.12. The lowest BCUT2D eigenvalue weighted by molar-refractivity contribution is -0.0457. The van der Waals surface area contributed by atoms with E-state index in [1.165, 1.54) is 16.8 Å². The Bertz CT molecular complexity index is 541. The maximum absolute atomic E-state index is 11.7. The standard InChI is InChI=1S/C11H13N3O4/c1-2-17-7-5-10(18-8(7)6-15)14-4-3-9(12)13-11(14)16/h1,3-4,7-8,10,15H,5-6H2,(H2,12,13,16)/t7?,8-,10-/m1/s1/i15D. The number of nitrogens with two attached hydrogens (primary N) is 1. The van der Waals surface area contributed by atoms with E-state index in [9.17, 15) is 4.79 Å². The van der Waals surface area contributed by atoms with Gasteiger partial charge < -0.3 is 20.3 Å². The number of hydrogen-bond acceptors (Lipinski definition) is 6. The molecule has 96 valence electrons. The van der Waals surface area contributed by atoms with E-state index in [1.54, 1.807) is 0 Å².